The molecule has 2 N–H and O–H groups in total. The first kappa shape index (κ1) is 17.0. The van der Waals surface area contributed by atoms with Gasteiger partial charge in [0, 0.05) is 18.7 Å². The third-order valence-electron chi connectivity index (χ3n) is 4.42. The average Bonchev–Trinajstić information content (AvgIpc) is 3.09. The maximum absolute atomic E-state index is 12.6. The number of hydrogen-bond acceptors (Lipinski definition) is 3. The lowest BCUT2D eigenvalue weighted by molar-refractivity contribution is -0.119. The molecule has 1 unspecified atom stereocenters. The quantitative estimate of drug-likeness (QED) is 0.878. The number of likely N-dealkylation sites (tertiary alicyclic amines) is 1. The van der Waals surface area contributed by atoms with Gasteiger partial charge in [-0.25, -0.2) is 0 Å². The van der Waals surface area contributed by atoms with Crippen LogP contribution in [0.5, 0.6) is 5.75 Å². The minimum atomic E-state index is -0.526. The number of carbonyl (C=O) groups is 2. The number of amides is 2. The van der Waals surface area contributed by atoms with E-state index < -0.39 is 5.91 Å². The molecule has 1 aliphatic heterocycles. The largest absolute Gasteiger partial charge is 0.484 e. The van der Waals surface area contributed by atoms with Gasteiger partial charge in [-0.1, -0.05) is 30.3 Å². The molecule has 3 rings (SSSR count). The zero-order valence-electron chi connectivity index (χ0n) is 14.1. The third-order valence-corrected chi connectivity index (χ3v) is 4.42. The van der Waals surface area contributed by atoms with Crippen LogP contribution in [-0.4, -0.2) is 36.4 Å². The van der Waals surface area contributed by atoms with Gasteiger partial charge < -0.3 is 15.4 Å². The molecule has 0 saturated carbocycles. The van der Waals surface area contributed by atoms with E-state index in [1.54, 1.807) is 24.3 Å². The standard InChI is InChI=1S/C20H22N2O3/c21-19(23)14-25-18-8-6-17(7-9-18)20(24)22-11-10-16(13-22)12-15-4-2-1-3-5-15/h1-9,16H,10-14H2,(H2,21,23). The Labute approximate surface area is 147 Å². The molecule has 0 aromatic heterocycles. The minimum absolute atomic E-state index is 0.0389. The van der Waals surface area contributed by atoms with Crippen molar-refractivity contribution in [1.82, 2.24) is 4.90 Å². The summed E-state index contributed by atoms with van der Waals surface area (Å²) >= 11 is 0. The van der Waals surface area contributed by atoms with Crippen molar-refractivity contribution in [3.63, 3.8) is 0 Å². The molecule has 1 heterocycles. The summed E-state index contributed by atoms with van der Waals surface area (Å²) in [5.41, 5.74) is 6.99. The lowest BCUT2D eigenvalue weighted by Gasteiger charge is -2.17. The highest BCUT2D eigenvalue weighted by Gasteiger charge is 2.27. The summed E-state index contributed by atoms with van der Waals surface area (Å²) < 4.78 is 5.21. The van der Waals surface area contributed by atoms with Crippen molar-refractivity contribution in [1.29, 1.82) is 0 Å². The number of nitrogens with two attached hydrogens (primary N) is 1. The summed E-state index contributed by atoms with van der Waals surface area (Å²) in [6, 6.07) is 17.2. The number of carbonyl (C=O) groups excluding carboxylic acids is 2. The highest BCUT2D eigenvalue weighted by molar-refractivity contribution is 5.94. The minimum Gasteiger partial charge on any atom is -0.484 e. The van der Waals surface area contributed by atoms with Crippen molar-refractivity contribution < 1.29 is 14.3 Å². The van der Waals surface area contributed by atoms with E-state index in [4.69, 9.17) is 10.5 Å². The predicted octanol–water partition coefficient (Wildman–Crippen LogP) is 2.26. The van der Waals surface area contributed by atoms with Gasteiger partial charge in [0.05, 0.1) is 0 Å². The van der Waals surface area contributed by atoms with Gasteiger partial charge in [-0.15, -0.1) is 0 Å². The maximum Gasteiger partial charge on any atom is 0.255 e. The SMILES string of the molecule is NC(=O)COc1ccc(C(=O)N2CCC(Cc3ccccc3)C2)cc1. The van der Waals surface area contributed by atoms with Gasteiger partial charge in [0.1, 0.15) is 5.75 Å². The second-order valence-electron chi connectivity index (χ2n) is 6.37. The molecule has 5 heteroatoms. The molecule has 2 aromatic carbocycles. The molecule has 130 valence electrons. The van der Waals surface area contributed by atoms with Crippen molar-refractivity contribution in [3.8, 4) is 5.75 Å². The first-order valence-corrected chi connectivity index (χ1v) is 8.46. The molecule has 2 amide bonds. The van der Waals surface area contributed by atoms with E-state index in [2.05, 4.69) is 24.3 Å². The van der Waals surface area contributed by atoms with Crippen LogP contribution in [0, 0.1) is 5.92 Å². The van der Waals surface area contributed by atoms with Crippen LogP contribution < -0.4 is 10.5 Å². The number of nitrogens with zero attached hydrogens (tertiary/aromatic N) is 1. The molecule has 1 saturated heterocycles. The van der Waals surface area contributed by atoms with Gasteiger partial charge in [-0.05, 0) is 48.6 Å². The Morgan fingerprint density at radius 2 is 1.80 bits per heavy atom. The van der Waals surface area contributed by atoms with Gasteiger partial charge in [-0.2, -0.15) is 0 Å². The van der Waals surface area contributed by atoms with Gasteiger partial charge in [0.2, 0.25) is 0 Å². The van der Waals surface area contributed by atoms with Crippen LogP contribution in [0.15, 0.2) is 54.6 Å². The van der Waals surface area contributed by atoms with E-state index in [9.17, 15) is 9.59 Å². The van der Waals surface area contributed by atoms with Crippen molar-refractivity contribution >= 4 is 11.8 Å². The molecular weight excluding hydrogens is 316 g/mol. The highest BCUT2D eigenvalue weighted by atomic mass is 16.5. The van der Waals surface area contributed by atoms with E-state index in [-0.39, 0.29) is 12.5 Å². The number of benzene rings is 2. The van der Waals surface area contributed by atoms with Gasteiger partial charge in [0.15, 0.2) is 6.61 Å². The van der Waals surface area contributed by atoms with Crippen LogP contribution >= 0.6 is 0 Å². The zero-order chi connectivity index (χ0) is 17.6. The van der Waals surface area contributed by atoms with Crippen molar-refractivity contribution in [2.75, 3.05) is 19.7 Å². The van der Waals surface area contributed by atoms with Crippen LogP contribution in [0.1, 0.15) is 22.3 Å². The van der Waals surface area contributed by atoms with Crippen molar-refractivity contribution in [2.24, 2.45) is 11.7 Å². The molecule has 5 nitrogen and oxygen atoms in total. The first-order valence-electron chi connectivity index (χ1n) is 8.46. The Kier molecular flexibility index (Phi) is 5.33. The van der Waals surface area contributed by atoms with Crippen LogP contribution in [0.3, 0.4) is 0 Å². The van der Waals surface area contributed by atoms with Crippen molar-refractivity contribution in [3.05, 3.63) is 65.7 Å². The molecule has 1 aliphatic rings. The Bertz CT molecular complexity index is 728. The highest BCUT2D eigenvalue weighted by Crippen LogP contribution is 2.23. The summed E-state index contributed by atoms with van der Waals surface area (Å²) in [4.78, 5) is 25.3. The number of primary amides is 1. The zero-order valence-corrected chi connectivity index (χ0v) is 14.1. The van der Waals surface area contributed by atoms with Crippen LogP contribution in [-0.2, 0) is 11.2 Å². The topological polar surface area (TPSA) is 72.6 Å². The van der Waals surface area contributed by atoms with E-state index in [1.165, 1.54) is 5.56 Å². The molecule has 0 radical (unpaired) electrons. The summed E-state index contributed by atoms with van der Waals surface area (Å²) in [6.07, 6.45) is 2.03. The number of rotatable bonds is 6. The van der Waals surface area contributed by atoms with E-state index >= 15 is 0 Å². The lowest BCUT2D eigenvalue weighted by Crippen LogP contribution is -2.28. The molecule has 0 bridgehead atoms. The van der Waals surface area contributed by atoms with Gasteiger partial charge >= 0.3 is 0 Å². The van der Waals surface area contributed by atoms with Gasteiger partial charge in [-0.3, -0.25) is 9.59 Å². The molecule has 1 atom stereocenters. The second kappa shape index (κ2) is 7.83. The Balaban J connectivity index is 1.55. The Hall–Kier alpha value is -2.82. The molecule has 0 aliphatic carbocycles. The first-order chi connectivity index (χ1) is 12.1. The van der Waals surface area contributed by atoms with E-state index in [0.29, 0.717) is 17.2 Å². The van der Waals surface area contributed by atoms with E-state index in [1.807, 2.05) is 11.0 Å². The third kappa shape index (κ3) is 4.59. The Morgan fingerprint density at radius 1 is 1.08 bits per heavy atom. The van der Waals surface area contributed by atoms with Crippen LogP contribution in [0.4, 0.5) is 0 Å². The van der Waals surface area contributed by atoms with E-state index in [0.717, 1.165) is 25.9 Å². The lowest BCUT2D eigenvalue weighted by atomic mass is 9.99. The molecular formula is C20H22N2O3. The predicted molar refractivity (Wildman–Crippen MR) is 95.3 cm³/mol. The van der Waals surface area contributed by atoms with Crippen molar-refractivity contribution in [2.45, 2.75) is 12.8 Å². The molecule has 25 heavy (non-hydrogen) atoms. The maximum atomic E-state index is 12.6. The Morgan fingerprint density at radius 3 is 2.48 bits per heavy atom. The second-order valence-corrected chi connectivity index (χ2v) is 6.37. The summed E-state index contributed by atoms with van der Waals surface area (Å²) in [6.45, 7) is 1.41. The fraction of sp³-hybridized carbons (Fsp3) is 0.300. The summed E-state index contributed by atoms with van der Waals surface area (Å²) in [7, 11) is 0. The summed E-state index contributed by atoms with van der Waals surface area (Å²) in [5, 5.41) is 0. The molecule has 0 spiro atoms. The smallest absolute Gasteiger partial charge is 0.255 e. The normalized spacial score (nSPS) is 16.6. The number of ether oxygens (including phenoxy) is 1. The van der Waals surface area contributed by atoms with Crippen LogP contribution in [0.25, 0.3) is 0 Å². The summed E-state index contributed by atoms with van der Waals surface area (Å²) in [5.74, 6) is 0.543. The monoisotopic (exact) mass is 338 g/mol. The van der Waals surface area contributed by atoms with Gasteiger partial charge in [0.25, 0.3) is 11.8 Å². The molecule has 1 fully saturated rings. The fourth-order valence-electron chi connectivity index (χ4n) is 3.16. The van der Waals surface area contributed by atoms with Crippen LogP contribution in [0.2, 0.25) is 0 Å². The molecule has 2 aromatic rings. The fourth-order valence-corrected chi connectivity index (χ4v) is 3.16. The average molecular weight is 338 g/mol. The number of hydrogen-bond donors (Lipinski definition) is 1.